The number of imidazole rings is 1. The monoisotopic (exact) mass is 529 g/mol. The van der Waals surface area contributed by atoms with Gasteiger partial charge in [-0.05, 0) is 63.8 Å². The molecule has 4 aromatic rings. The van der Waals surface area contributed by atoms with Crippen LogP contribution in [0.5, 0.6) is 5.75 Å². The van der Waals surface area contributed by atoms with Crippen molar-refractivity contribution >= 4 is 5.95 Å². The number of aryl methyl sites for hydroxylation is 1. The van der Waals surface area contributed by atoms with Crippen LogP contribution in [-0.4, -0.2) is 74.7 Å². The summed E-state index contributed by atoms with van der Waals surface area (Å²) < 4.78 is 16.1. The average molecular weight is 530 g/mol. The zero-order valence-corrected chi connectivity index (χ0v) is 22.8. The molecule has 0 amide bonds. The summed E-state index contributed by atoms with van der Waals surface area (Å²) >= 11 is 0. The second-order valence-corrected chi connectivity index (χ2v) is 10.3. The molecular formula is C30H36FN7O. The molecule has 2 N–H and O–H groups in total. The third-order valence-electron chi connectivity index (χ3n) is 7.12. The molecule has 0 spiro atoms. The van der Waals surface area contributed by atoms with Crippen molar-refractivity contribution in [3.05, 3.63) is 78.0 Å². The maximum absolute atomic E-state index is 13.8. The minimum absolute atomic E-state index is 0.169. The number of nitrogens with one attached hydrogen (secondary N) is 1. The number of rotatable bonds is 11. The minimum Gasteiger partial charge on any atom is -0.508 e. The summed E-state index contributed by atoms with van der Waals surface area (Å²) in [6.07, 6.45) is 3.58. The molecule has 1 aliphatic rings. The Morgan fingerprint density at radius 2 is 1.85 bits per heavy atom. The summed E-state index contributed by atoms with van der Waals surface area (Å²) in [7, 11) is 4.15. The quantitative estimate of drug-likeness (QED) is 0.288. The summed E-state index contributed by atoms with van der Waals surface area (Å²) in [5.41, 5.74) is 4.28. The Hall–Kier alpha value is -3.82. The molecule has 1 atom stereocenters. The molecule has 204 valence electrons. The molecule has 2 aromatic heterocycles. The van der Waals surface area contributed by atoms with E-state index in [0.717, 1.165) is 66.5 Å². The highest BCUT2D eigenvalue weighted by Gasteiger charge is 2.32. The molecule has 39 heavy (non-hydrogen) atoms. The van der Waals surface area contributed by atoms with Crippen molar-refractivity contribution in [2.45, 2.75) is 32.4 Å². The predicted molar refractivity (Wildman–Crippen MR) is 152 cm³/mol. The van der Waals surface area contributed by atoms with Crippen LogP contribution in [0.1, 0.15) is 30.8 Å². The fourth-order valence-electron chi connectivity index (χ4n) is 5.19. The third-order valence-corrected chi connectivity index (χ3v) is 7.12. The fourth-order valence-corrected chi connectivity index (χ4v) is 5.19. The Morgan fingerprint density at radius 3 is 2.59 bits per heavy atom. The number of phenols is 1. The largest absolute Gasteiger partial charge is 0.508 e. The number of aromatic nitrogens is 4. The van der Waals surface area contributed by atoms with E-state index >= 15 is 0 Å². The molecule has 0 aliphatic carbocycles. The zero-order chi connectivity index (χ0) is 27.4. The zero-order valence-electron chi connectivity index (χ0n) is 22.8. The standard InChI is InChI=1S/C30H36FN7O/c1-4-32-30-33-16-15-25(34-30)29-28(21-9-11-23(31)12-10-21)35-27-14-13-24(38(27)29)20-37(18-17-36(2)3)19-22-7-5-6-8-26(22)39/h5-12,15-16,24,39H,4,13-14,17-20H2,1-3H3,(H,32,33,34). The van der Waals surface area contributed by atoms with Crippen LogP contribution in [0.3, 0.4) is 0 Å². The number of hydrogen-bond acceptors (Lipinski definition) is 7. The highest BCUT2D eigenvalue weighted by atomic mass is 19.1. The van der Waals surface area contributed by atoms with E-state index in [4.69, 9.17) is 9.97 Å². The van der Waals surface area contributed by atoms with Crippen molar-refractivity contribution in [3.63, 3.8) is 0 Å². The molecule has 5 rings (SSSR count). The van der Waals surface area contributed by atoms with Gasteiger partial charge in [-0.15, -0.1) is 0 Å². The van der Waals surface area contributed by atoms with E-state index in [1.165, 1.54) is 12.1 Å². The Balaban J connectivity index is 1.54. The molecule has 8 nitrogen and oxygen atoms in total. The molecule has 3 heterocycles. The normalized spacial score (nSPS) is 14.8. The molecule has 0 bridgehead atoms. The van der Waals surface area contributed by atoms with Gasteiger partial charge < -0.3 is 19.9 Å². The van der Waals surface area contributed by atoms with Crippen LogP contribution in [0.2, 0.25) is 0 Å². The first kappa shape index (κ1) is 26.8. The maximum Gasteiger partial charge on any atom is 0.223 e. The Bertz CT molecular complexity index is 1400. The lowest BCUT2D eigenvalue weighted by atomic mass is 10.1. The number of hydrogen-bond donors (Lipinski definition) is 2. The van der Waals surface area contributed by atoms with Gasteiger partial charge in [0.25, 0.3) is 0 Å². The summed E-state index contributed by atoms with van der Waals surface area (Å²) in [6, 6.07) is 16.1. The fraction of sp³-hybridized carbons (Fsp3) is 0.367. The van der Waals surface area contributed by atoms with Crippen molar-refractivity contribution < 1.29 is 9.50 Å². The Labute approximate surface area is 229 Å². The second-order valence-electron chi connectivity index (χ2n) is 10.3. The molecule has 0 radical (unpaired) electrons. The van der Waals surface area contributed by atoms with Crippen LogP contribution in [0.25, 0.3) is 22.6 Å². The van der Waals surface area contributed by atoms with E-state index in [9.17, 15) is 9.50 Å². The number of aromatic hydroxyl groups is 1. The summed E-state index contributed by atoms with van der Waals surface area (Å²) in [5.74, 6) is 1.62. The van der Waals surface area contributed by atoms with E-state index in [0.29, 0.717) is 24.8 Å². The summed E-state index contributed by atoms with van der Waals surface area (Å²) in [5, 5.41) is 13.7. The molecule has 9 heteroatoms. The highest BCUT2D eigenvalue weighted by molar-refractivity contribution is 5.78. The van der Waals surface area contributed by atoms with Gasteiger partial charge in [0, 0.05) is 62.5 Å². The van der Waals surface area contributed by atoms with Crippen LogP contribution >= 0.6 is 0 Å². The van der Waals surface area contributed by atoms with Gasteiger partial charge in [0.15, 0.2) is 0 Å². The van der Waals surface area contributed by atoms with E-state index in [1.54, 1.807) is 24.4 Å². The van der Waals surface area contributed by atoms with Crippen LogP contribution in [0.4, 0.5) is 10.3 Å². The Morgan fingerprint density at radius 1 is 1.05 bits per heavy atom. The van der Waals surface area contributed by atoms with Crippen molar-refractivity contribution in [3.8, 4) is 28.4 Å². The molecule has 0 saturated heterocycles. The second kappa shape index (κ2) is 11.9. The number of halogens is 1. The number of phenolic OH excluding ortho intramolecular Hbond substituents is 1. The number of anilines is 1. The molecule has 1 aliphatic heterocycles. The molecule has 0 fully saturated rings. The van der Waals surface area contributed by atoms with Crippen LogP contribution in [0.15, 0.2) is 60.8 Å². The van der Waals surface area contributed by atoms with Crippen molar-refractivity contribution in [2.24, 2.45) is 0 Å². The van der Waals surface area contributed by atoms with E-state index in [2.05, 4.69) is 38.8 Å². The number of likely N-dealkylation sites (N-methyl/N-ethyl adjacent to an activating group) is 1. The first-order valence-corrected chi connectivity index (χ1v) is 13.5. The van der Waals surface area contributed by atoms with Crippen LogP contribution < -0.4 is 5.32 Å². The maximum atomic E-state index is 13.8. The first-order chi connectivity index (χ1) is 18.9. The SMILES string of the molecule is CCNc1nccc(-c2c(-c3ccc(F)cc3)nc3n2C(CN(CCN(C)C)Cc2ccccc2O)CC3)n1. The van der Waals surface area contributed by atoms with Crippen molar-refractivity contribution in [1.29, 1.82) is 0 Å². The molecular weight excluding hydrogens is 493 g/mol. The number of para-hydroxylation sites is 1. The van der Waals surface area contributed by atoms with E-state index < -0.39 is 0 Å². The summed E-state index contributed by atoms with van der Waals surface area (Å²) in [6.45, 7) is 5.95. The first-order valence-electron chi connectivity index (χ1n) is 13.5. The van der Waals surface area contributed by atoms with Gasteiger partial charge in [-0.1, -0.05) is 18.2 Å². The topological polar surface area (TPSA) is 82.3 Å². The van der Waals surface area contributed by atoms with Gasteiger partial charge in [0.1, 0.15) is 17.4 Å². The van der Waals surface area contributed by atoms with Crippen molar-refractivity contribution in [2.75, 3.05) is 45.6 Å². The van der Waals surface area contributed by atoms with Gasteiger partial charge in [-0.3, -0.25) is 4.90 Å². The number of benzene rings is 2. The van der Waals surface area contributed by atoms with Gasteiger partial charge in [0.05, 0.1) is 17.1 Å². The molecule has 2 aromatic carbocycles. The third kappa shape index (κ3) is 6.10. The van der Waals surface area contributed by atoms with Gasteiger partial charge in [-0.25, -0.2) is 19.3 Å². The van der Waals surface area contributed by atoms with Gasteiger partial charge in [-0.2, -0.15) is 0 Å². The van der Waals surface area contributed by atoms with E-state index in [1.807, 2.05) is 31.2 Å². The van der Waals surface area contributed by atoms with Crippen LogP contribution in [-0.2, 0) is 13.0 Å². The lowest BCUT2D eigenvalue weighted by molar-refractivity contribution is 0.203. The van der Waals surface area contributed by atoms with Gasteiger partial charge >= 0.3 is 0 Å². The van der Waals surface area contributed by atoms with Crippen molar-refractivity contribution in [1.82, 2.24) is 29.3 Å². The number of fused-ring (bicyclic) bond motifs is 1. The van der Waals surface area contributed by atoms with E-state index in [-0.39, 0.29) is 11.9 Å². The van der Waals surface area contributed by atoms with Crippen LogP contribution in [0, 0.1) is 5.82 Å². The lowest BCUT2D eigenvalue weighted by Gasteiger charge is -2.29. The minimum atomic E-state index is -0.276. The summed E-state index contributed by atoms with van der Waals surface area (Å²) in [4.78, 5) is 18.8. The molecule has 0 saturated carbocycles. The highest BCUT2D eigenvalue weighted by Crippen LogP contribution is 2.39. The Kier molecular flexibility index (Phi) is 8.18. The molecule has 1 unspecified atom stereocenters. The van der Waals surface area contributed by atoms with Gasteiger partial charge in [0.2, 0.25) is 5.95 Å². The predicted octanol–water partition coefficient (Wildman–Crippen LogP) is 4.83. The number of nitrogens with zero attached hydrogens (tertiary/aromatic N) is 6. The average Bonchev–Trinajstić information content (AvgIpc) is 3.49. The lowest BCUT2D eigenvalue weighted by Crippen LogP contribution is -2.35. The smallest absolute Gasteiger partial charge is 0.223 e.